The lowest BCUT2D eigenvalue weighted by molar-refractivity contribution is 0.625. The van der Waals surface area contributed by atoms with E-state index in [1.165, 1.54) is 12.1 Å². The van der Waals surface area contributed by atoms with Gasteiger partial charge < -0.3 is 0 Å². The molecule has 1 unspecified atom stereocenters. The second kappa shape index (κ2) is 5.12. The molecule has 0 N–H and O–H groups in total. The summed E-state index contributed by atoms with van der Waals surface area (Å²) in [6.07, 6.45) is 0. The SMILES string of the molecule is N#Cc1ccccc1C(C#N)c1cccc(F)c1. The number of nitriles is 2. The van der Waals surface area contributed by atoms with Gasteiger partial charge in [0, 0.05) is 0 Å². The zero-order valence-corrected chi connectivity index (χ0v) is 9.47. The largest absolute Gasteiger partial charge is 0.207 e. The lowest BCUT2D eigenvalue weighted by Crippen LogP contribution is -2.01. The molecule has 0 spiro atoms. The molecule has 0 fully saturated rings. The number of hydrogen-bond donors (Lipinski definition) is 0. The highest BCUT2D eigenvalue weighted by molar-refractivity contribution is 5.47. The Morgan fingerprint density at radius 2 is 1.78 bits per heavy atom. The Hall–Kier alpha value is -2.65. The molecule has 2 aromatic rings. The fraction of sp³-hybridized carbons (Fsp3) is 0.0667. The van der Waals surface area contributed by atoms with E-state index in [0.29, 0.717) is 16.7 Å². The fourth-order valence-corrected chi connectivity index (χ4v) is 1.86. The molecule has 0 heterocycles. The van der Waals surface area contributed by atoms with E-state index in [9.17, 15) is 9.65 Å². The summed E-state index contributed by atoms with van der Waals surface area (Å²) in [6.45, 7) is 0. The maximum Gasteiger partial charge on any atom is 0.123 e. The highest BCUT2D eigenvalue weighted by Gasteiger charge is 2.17. The summed E-state index contributed by atoms with van der Waals surface area (Å²) in [6, 6.07) is 16.9. The molecule has 1 atom stereocenters. The summed E-state index contributed by atoms with van der Waals surface area (Å²) in [4.78, 5) is 0. The Labute approximate surface area is 105 Å². The Morgan fingerprint density at radius 3 is 2.44 bits per heavy atom. The van der Waals surface area contributed by atoms with Crippen LogP contribution in [0.15, 0.2) is 48.5 Å². The minimum absolute atomic E-state index is 0.387. The van der Waals surface area contributed by atoms with Gasteiger partial charge in [0.25, 0.3) is 0 Å². The summed E-state index contributed by atoms with van der Waals surface area (Å²) in [7, 11) is 0. The maximum atomic E-state index is 13.2. The first-order chi connectivity index (χ1) is 8.76. The van der Waals surface area contributed by atoms with E-state index in [2.05, 4.69) is 6.07 Å². The first kappa shape index (κ1) is 11.8. The number of hydrogen-bond acceptors (Lipinski definition) is 2. The molecule has 2 rings (SSSR count). The molecule has 86 valence electrons. The molecule has 2 nitrogen and oxygen atoms in total. The van der Waals surface area contributed by atoms with Crippen molar-refractivity contribution in [2.45, 2.75) is 5.92 Å². The van der Waals surface area contributed by atoms with Gasteiger partial charge in [-0.1, -0.05) is 30.3 Å². The van der Waals surface area contributed by atoms with Crippen molar-refractivity contribution in [1.82, 2.24) is 0 Å². The Bertz CT molecular complexity index is 650. The van der Waals surface area contributed by atoms with Gasteiger partial charge in [0.1, 0.15) is 5.82 Å². The van der Waals surface area contributed by atoms with E-state index in [1.807, 2.05) is 6.07 Å². The lowest BCUT2D eigenvalue weighted by Gasteiger charge is -2.11. The summed E-state index contributed by atoms with van der Waals surface area (Å²) in [5.41, 5.74) is 1.60. The van der Waals surface area contributed by atoms with E-state index in [0.717, 1.165) is 0 Å². The van der Waals surface area contributed by atoms with Gasteiger partial charge >= 0.3 is 0 Å². The normalized spacial score (nSPS) is 11.3. The highest BCUT2D eigenvalue weighted by Crippen LogP contribution is 2.26. The lowest BCUT2D eigenvalue weighted by atomic mass is 9.89. The van der Waals surface area contributed by atoms with Crippen molar-refractivity contribution in [2.24, 2.45) is 0 Å². The molecular weight excluding hydrogens is 227 g/mol. The van der Waals surface area contributed by atoms with E-state index >= 15 is 0 Å². The zero-order valence-electron chi connectivity index (χ0n) is 9.47. The highest BCUT2D eigenvalue weighted by atomic mass is 19.1. The van der Waals surface area contributed by atoms with Gasteiger partial charge in [-0.15, -0.1) is 0 Å². The van der Waals surface area contributed by atoms with E-state index < -0.39 is 5.92 Å². The standard InChI is InChI=1S/C15H9FN2/c16-13-6-3-5-11(8-13)15(10-18)14-7-2-1-4-12(14)9-17/h1-8,15H. The smallest absolute Gasteiger partial charge is 0.123 e. The molecule has 0 aliphatic carbocycles. The van der Waals surface area contributed by atoms with Crippen LogP contribution in [0.25, 0.3) is 0 Å². The summed E-state index contributed by atoms with van der Waals surface area (Å²) in [5.74, 6) is -1.02. The van der Waals surface area contributed by atoms with Gasteiger partial charge in [-0.2, -0.15) is 10.5 Å². The van der Waals surface area contributed by atoms with Crippen LogP contribution in [0.1, 0.15) is 22.6 Å². The molecular formula is C15H9FN2. The quantitative estimate of drug-likeness (QED) is 0.802. The molecule has 3 heteroatoms. The Morgan fingerprint density at radius 1 is 1.00 bits per heavy atom. The third-order valence-electron chi connectivity index (χ3n) is 2.70. The van der Waals surface area contributed by atoms with E-state index in [1.54, 1.807) is 36.4 Å². The Kier molecular flexibility index (Phi) is 3.36. The van der Waals surface area contributed by atoms with Gasteiger partial charge in [-0.3, -0.25) is 0 Å². The summed E-state index contributed by atoms with van der Waals surface area (Å²) >= 11 is 0. The summed E-state index contributed by atoms with van der Waals surface area (Å²) < 4.78 is 13.2. The first-order valence-corrected chi connectivity index (χ1v) is 5.40. The van der Waals surface area contributed by atoms with Crippen molar-refractivity contribution in [3.8, 4) is 12.1 Å². The predicted octanol–water partition coefficient (Wildman–Crippen LogP) is 3.35. The van der Waals surface area contributed by atoms with Crippen molar-refractivity contribution in [2.75, 3.05) is 0 Å². The number of benzene rings is 2. The van der Waals surface area contributed by atoms with Gasteiger partial charge in [0.15, 0.2) is 0 Å². The molecule has 0 aliphatic heterocycles. The molecule has 0 aromatic heterocycles. The van der Waals surface area contributed by atoms with Crippen molar-refractivity contribution < 1.29 is 4.39 Å². The van der Waals surface area contributed by atoms with E-state index in [4.69, 9.17) is 5.26 Å². The van der Waals surface area contributed by atoms with Gasteiger partial charge in [0.05, 0.1) is 23.6 Å². The van der Waals surface area contributed by atoms with Gasteiger partial charge in [-0.05, 0) is 29.3 Å². The third kappa shape index (κ3) is 2.21. The predicted molar refractivity (Wildman–Crippen MR) is 65.0 cm³/mol. The fourth-order valence-electron chi connectivity index (χ4n) is 1.86. The maximum absolute atomic E-state index is 13.2. The van der Waals surface area contributed by atoms with Crippen molar-refractivity contribution in [3.05, 3.63) is 71.0 Å². The van der Waals surface area contributed by atoms with Crippen LogP contribution in [0.4, 0.5) is 4.39 Å². The molecule has 0 bridgehead atoms. The van der Waals surface area contributed by atoms with Crippen molar-refractivity contribution in [1.29, 1.82) is 10.5 Å². The van der Waals surface area contributed by atoms with Crippen molar-refractivity contribution in [3.63, 3.8) is 0 Å². The number of halogens is 1. The summed E-state index contributed by atoms with van der Waals surface area (Å²) in [5, 5.41) is 18.3. The van der Waals surface area contributed by atoms with E-state index in [-0.39, 0.29) is 5.82 Å². The molecule has 18 heavy (non-hydrogen) atoms. The molecule has 0 saturated heterocycles. The van der Waals surface area contributed by atoms with Crippen LogP contribution in [-0.4, -0.2) is 0 Å². The van der Waals surface area contributed by atoms with Crippen LogP contribution in [0.2, 0.25) is 0 Å². The minimum atomic E-state index is -0.628. The van der Waals surface area contributed by atoms with Crippen LogP contribution in [0, 0.1) is 28.5 Å². The molecule has 0 amide bonds. The topological polar surface area (TPSA) is 47.6 Å². The molecule has 0 aliphatic rings. The molecule has 2 aromatic carbocycles. The zero-order chi connectivity index (χ0) is 13.0. The number of rotatable bonds is 2. The van der Waals surface area contributed by atoms with Crippen LogP contribution < -0.4 is 0 Å². The average molecular weight is 236 g/mol. The Balaban J connectivity index is 2.54. The average Bonchev–Trinajstić information content (AvgIpc) is 2.40. The second-order valence-corrected chi connectivity index (χ2v) is 3.82. The van der Waals surface area contributed by atoms with Crippen LogP contribution in [0.3, 0.4) is 0 Å². The molecule has 0 saturated carbocycles. The van der Waals surface area contributed by atoms with Crippen LogP contribution in [-0.2, 0) is 0 Å². The monoisotopic (exact) mass is 236 g/mol. The van der Waals surface area contributed by atoms with Gasteiger partial charge in [0.2, 0.25) is 0 Å². The second-order valence-electron chi connectivity index (χ2n) is 3.82. The van der Waals surface area contributed by atoms with Crippen LogP contribution >= 0.6 is 0 Å². The minimum Gasteiger partial charge on any atom is -0.207 e. The number of nitrogens with zero attached hydrogens (tertiary/aromatic N) is 2. The van der Waals surface area contributed by atoms with Gasteiger partial charge in [-0.25, -0.2) is 4.39 Å². The first-order valence-electron chi connectivity index (χ1n) is 5.40. The van der Waals surface area contributed by atoms with Crippen LogP contribution in [0.5, 0.6) is 0 Å². The third-order valence-corrected chi connectivity index (χ3v) is 2.70. The molecule has 0 radical (unpaired) electrons. The van der Waals surface area contributed by atoms with Crippen molar-refractivity contribution >= 4 is 0 Å².